The van der Waals surface area contributed by atoms with E-state index in [0.29, 0.717) is 6.42 Å². The molecule has 0 bridgehead atoms. The number of nitrogens with zero attached hydrogens (tertiary/aromatic N) is 1. The number of benzene rings is 1. The first kappa shape index (κ1) is 18.6. The zero-order chi connectivity index (χ0) is 18.9. The number of sulfone groups is 1. The van der Waals surface area contributed by atoms with Crippen LogP contribution in [0.3, 0.4) is 0 Å². The molecule has 26 heavy (non-hydrogen) atoms. The van der Waals surface area contributed by atoms with Crippen LogP contribution in [-0.4, -0.2) is 55.1 Å². The summed E-state index contributed by atoms with van der Waals surface area (Å²) in [5.41, 5.74) is -0.129. The quantitative estimate of drug-likeness (QED) is 0.748. The molecule has 1 aromatic carbocycles. The van der Waals surface area contributed by atoms with Crippen molar-refractivity contribution in [1.82, 2.24) is 10.2 Å². The maximum absolute atomic E-state index is 12.8. The van der Waals surface area contributed by atoms with Crippen LogP contribution in [0.25, 0.3) is 0 Å². The smallest absolute Gasteiger partial charge is 0.240 e. The monoisotopic (exact) mass is 378 g/mol. The number of hydrogen-bond donors (Lipinski definition) is 1. The second-order valence-corrected chi connectivity index (χ2v) is 9.37. The van der Waals surface area contributed by atoms with E-state index in [2.05, 4.69) is 5.32 Å². The molecule has 7 nitrogen and oxygen atoms in total. The van der Waals surface area contributed by atoms with E-state index < -0.39 is 15.3 Å². The first-order valence-electron chi connectivity index (χ1n) is 8.61. The van der Waals surface area contributed by atoms with Crippen LogP contribution in [0.1, 0.15) is 31.7 Å². The minimum absolute atomic E-state index is 0.00535. The van der Waals surface area contributed by atoms with Crippen molar-refractivity contribution in [3.63, 3.8) is 0 Å². The number of imide groups is 1. The molecule has 2 aliphatic heterocycles. The number of carbonyl (C=O) groups excluding carboxylic acids is 3. The molecule has 140 valence electrons. The fourth-order valence-corrected chi connectivity index (χ4v) is 5.24. The molecule has 0 spiro atoms. The van der Waals surface area contributed by atoms with Gasteiger partial charge in [-0.2, -0.15) is 0 Å². The summed E-state index contributed by atoms with van der Waals surface area (Å²) in [4.78, 5) is 38.3. The second-order valence-electron chi connectivity index (χ2n) is 7.14. The zero-order valence-electron chi connectivity index (χ0n) is 14.6. The SMILES string of the molecule is C[C@]1(c2ccccc2)CC(=O)N(CCC(=O)N[C@@H]2CCS(=O)(=O)C2)C1=O. The minimum Gasteiger partial charge on any atom is -0.352 e. The molecular weight excluding hydrogens is 356 g/mol. The molecule has 2 aliphatic rings. The Morgan fingerprint density at radius 1 is 1.27 bits per heavy atom. The maximum Gasteiger partial charge on any atom is 0.240 e. The summed E-state index contributed by atoms with van der Waals surface area (Å²) >= 11 is 0. The Bertz CT molecular complexity index is 836. The van der Waals surface area contributed by atoms with Gasteiger partial charge in [-0.3, -0.25) is 19.3 Å². The molecular formula is C18H22N2O5S. The number of nitrogens with one attached hydrogen (secondary N) is 1. The van der Waals surface area contributed by atoms with Gasteiger partial charge in [-0.1, -0.05) is 30.3 Å². The fourth-order valence-electron chi connectivity index (χ4n) is 3.56. The fraction of sp³-hybridized carbons (Fsp3) is 0.500. The lowest BCUT2D eigenvalue weighted by Gasteiger charge is -2.22. The number of carbonyl (C=O) groups is 3. The summed E-state index contributed by atoms with van der Waals surface area (Å²) < 4.78 is 22.9. The van der Waals surface area contributed by atoms with Crippen molar-refractivity contribution in [3.05, 3.63) is 35.9 Å². The summed E-state index contributed by atoms with van der Waals surface area (Å²) in [6.07, 6.45) is 0.457. The zero-order valence-corrected chi connectivity index (χ0v) is 15.4. The lowest BCUT2D eigenvalue weighted by Crippen LogP contribution is -2.41. The molecule has 2 saturated heterocycles. The largest absolute Gasteiger partial charge is 0.352 e. The van der Waals surface area contributed by atoms with Gasteiger partial charge in [0.2, 0.25) is 17.7 Å². The molecule has 1 N–H and O–H groups in total. The van der Waals surface area contributed by atoms with Crippen molar-refractivity contribution in [2.75, 3.05) is 18.1 Å². The summed E-state index contributed by atoms with van der Waals surface area (Å²) in [6, 6.07) is 8.75. The van der Waals surface area contributed by atoms with Crippen molar-refractivity contribution in [1.29, 1.82) is 0 Å². The molecule has 2 heterocycles. The Hall–Kier alpha value is -2.22. The molecule has 0 aromatic heterocycles. The van der Waals surface area contributed by atoms with Gasteiger partial charge in [-0.05, 0) is 18.9 Å². The highest BCUT2D eigenvalue weighted by molar-refractivity contribution is 7.91. The van der Waals surface area contributed by atoms with Gasteiger partial charge in [0.1, 0.15) is 0 Å². The van der Waals surface area contributed by atoms with Crippen LogP contribution in [0.15, 0.2) is 30.3 Å². The molecule has 2 fully saturated rings. The van der Waals surface area contributed by atoms with Crippen LogP contribution in [0, 0.1) is 0 Å². The Morgan fingerprint density at radius 3 is 2.58 bits per heavy atom. The van der Waals surface area contributed by atoms with E-state index in [4.69, 9.17) is 0 Å². The third-order valence-electron chi connectivity index (χ3n) is 5.09. The Kier molecular flexibility index (Phi) is 4.88. The summed E-state index contributed by atoms with van der Waals surface area (Å²) in [5.74, 6) is -0.911. The highest BCUT2D eigenvalue weighted by Gasteiger charge is 2.49. The highest BCUT2D eigenvalue weighted by Crippen LogP contribution is 2.36. The normalized spacial score (nSPS) is 27.7. The number of likely N-dealkylation sites (tertiary alicyclic amines) is 1. The van der Waals surface area contributed by atoms with Crippen molar-refractivity contribution in [3.8, 4) is 0 Å². The molecule has 0 unspecified atom stereocenters. The Labute approximate surface area is 152 Å². The van der Waals surface area contributed by atoms with E-state index in [1.807, 2.05) is 30.3 Å². The number of rotatable bonds is 5. The Balaban J connectivity index is 1.59. The lowest BCUT2D eigenvalue weighted by molar-refractivity contribution is -0.140. The van der Waals surface area contributed by atoms with Gasteiger partial charge in [0, 0.05) is 25.4 Å². The van der Waals surface area contributed by atoms with Crippen LogP contribution in [0.4, 0.5) is 0 Å². The predicted octanol–water partition coefficient (Wildman–Crippen LogP) is 0.397. The van der Waals surface area contributed by atoms with E-state index in [1.54, 1.807) is 6.92 Å². The number of amides is 3. The molecule has 0 radical (unpaired) electrons. The van der Waals surface area contributed by atoms with Crippen LogP contribution in [0.5, 0.6) is 0 Å². The summed E-state index contributed by atoms with van der Waals surface area (Å²) in [7, 11) is -3.07. The van der Waals surface area contributed by atoms with Gasteiger partial charge < -0.3 is 5.32 Å². The van der Waals surface area contributed by atoms with Gasteiger partial charge in [-0.25, -0.2) is 8.42 Å². The first-order valence-corrected chi connectivity index (χ1v) is 10.4. The van der Waals surface area contributed by atoms with Crippen LogP contribution >= 0.6 is 0 Å². The van der Waals surface area contributed by atoms with E-state index in [1.165, 1.54) is 0 Å². The van der Waals surface area contributed by atoms with Gasteiger partial charge >= 0.3 is 0 Å². The highest BCUT2D eigenvalue weighted by atomic mass is 32.2. The van der Waals surface area contributed by atoms with Gasteiger partial charge in [0.25, 0.3) is 0 Å². The van der Waals surface area contributed by atoms with E-state index in [-0.39, 0.29) is 54.7 Å². The number of hydrogen-bond acceptors (Lipinski definition) is 5. The molecule has 0 saturated carbocycles. The standard InChI is InChI=1S/C18H22N2O5S/c1-18(13-5-3-2-4-6-13)11-16(22)20(17(18)23)9-7-15(21)19-14-8-10-26(24,25)12-14/h2-6,14H,7-12H2,1H3,(H,19,21)/t14-,18-/m1/s1. The van der Waals surface area contributed by atoms with E-state index in [0.717, 1.165) is 10.5 Å². The van der Waals surface area contributed by atoms with Crippen LogP contribution in [-0.2, 0) is 29.6 Å². The van der Waals surface area contributed by atoms with Crippen molar-refractivity contribution >= 4 is 27.6 Å². The first-order chi connectivity index (χ1) is 12.2. The molecule has 0 aliphatic carbocycles. The lowest BCUT2D eigenvalue weighted by atomic mass is 9.81. The van der Waals surface area contributed by atoms with E-state index >= 15 is 0 Å². The summed E-state index contributed by atoms with van der Waals surface area (Å²) in [5, 5.41) is 2.67. The van der Waals surface area contributed by atoms with Gasteiger partial charge in [-0.15, -0.1) is 0 Å². The minimum atomic E-state index is -3.07. The van der Waals surface area contributed by atoms with Gasteiger partial charge in [0.05, 0.1) is 16.9 Å². The topological polar surface area (TPSA) is 101 Å². The molecule has 1 aromatic rings. The van der Waals surface area contributed by atoms with Crippen molar-refractivity contribution in [2.24, 2.45) is 0 Å². The maximum atomic E-state index is 12.8. The van der Waals surface area contributed by atoms with Crippen molar-refractivity contribution in [2.45, 2.75) is 37.6 Å². The van der Waals surface area contributed by atoms with Crippen LogP contribution < -0.4 is 5.32 Å². The molecule has 2 atom stereocenters. The average molecular weight is 378 g/mol. The molecule has 3 rings (SSSR count). The third kappa shape index (κ3) is 3.65. The molecule has 3 amide bonds. The average Bonchev–Trinajstić information content (AvgIpc) is 3.04. The summed E-state index contributed by atoms with van der Waals surface area (Å²) in [6.45, 7) is 1.75. The van der Waals surface area contributed by atoms with Crippen molar-refractivity contribution < 1.29 is 22.8 Å². The van der Waals surface area contributed by atoms with Gasteiger partial charge in [0.15, 0.2) is 9.84 Å². The van der Waals surface area contributed by atoms with Crippen LogP contribution in [0.2, 0.25) is 0 Å². The second kappa shape index (κ2) is 6.83. The third-order valence-corrected chi connectivity index (χ3v) is 6.86. The molecule has 8 heteroatoms. The van der Waals surface area contributed by atoms with E-state index in [9.17, 15) is 22.8 Å². The Morgan fingerprint density at radius 2 is 1.96 bits per heavy atom. The predicted molar refractivity (Wildman–Crippen MR) is 94.9 cm³/mol.